The molecule has 2 aromatic carbocycles. The van der Waals surface area contributed by atoms with E-state index in [2.05, 4.69) is 5.32 Å². The number of carbonyl (C=O) groups is 2. The number of hydrogen-bond acceptors (Lipinski definition) is 5. The molecular weight excluding hydrogens is 432 g/mol. The Bertz CT molecular complexity index is 1340. The Morgan fingerprint density at radius 3 is 2.45 bits per heavy atom. The lowest BCUT2D eigenvalue weighted by atomic mass is 10.0. The van der Waals surface area contributed by atoms with Crippen LogP contribution in [0.25, 0.3) is 22.2 Å². The fraction of sp³-hybridized carbons (Fsp3) is 0.222. The molecule has 0 aliphatic heterocycles. The van der Waals surface area contributed by atoms with Crippen molar-refractivity contribution >= 4 is 39.1 Å². The van der Waals surface area contributed by atoms with Crippen LogP contribution in [0.4, 0.5) is 5.00 Å². The van der Waals surface area contributed by atoms with E-state index in [4.69, 9.17) is 9.72 Å². The van der Waals surface area contributed by atoms with Crippen molar-refractivity contribution in [3.8, 4) is 11.3 Å². The van der Waals surface area contributed by atoms with Crippen molar-refractivity contribution in [2.24, 2.45) is 0 Å². The van der Waals surface area contributed by atoms with Crippen molar-refractivity contribution in [1.82, 2.24) is 4.98 Å². The minimum absolute atomic E-state index is 0.277. The molecule has 0 spiro atoms. The number of fused-ring (bicyclic) bond motifs is 1. The number of amides is 1. The average Bonchev–Trinajstić information content (AvgIpc) is 3.13. The maximum atomic E-state index is 13.5. The van der Waals surface area contributed by atoms with Crippen molar-refractivity contribution in [3.63, 3.8) is 0 Å². The number of anilines is 1. The van der Waals surface area contributed by atoms with Crippen LogP contribution in [0.5, 0.6) is 0 Å². The van der Waals surface area contributed by atoms with Gasteiger partial charge in [-0.05, 0) is 44.9 Å². The molecule has 4 rings (SSSR count). The number of hydrogen-bond donors (Lipinski definition) is 1. The predicted octanol–water partition coefficient (Wildman–Crippen LogP) is 6.57. The Labute approximate surface area is 197 Å². The Morgan fingerprint density at radius 1 is 1.03 bits per heavy atom. The van der Waals surface area contributed by atoms with Gasteiger partial charge in [-0.1, -0.05) is 55.0 Å². The molecule has 168 valence electrons. The molecule has 0 unspecified atom stereocenters. The van der Waals surface area contributed by atoms with E-state index in [1.165, 1.54) is 11.3 Å². The van der Waals surface area contributed by atoms with Gasteiger partial charge in [0.25, 0.3) is 5.91 Å². The second-order valence-corrected chi connectivity index (χ2v) is 9.03. The number of nitrogens with one attached hydrogen (secondary N) is 1. The van der Waals surface area contributed by atoms with Crippen LogP contribution in [-0.4, -0.2) is 23.5 Å². The number of pyridine rings is 1. The molecule has 4 aromatic rings. The van der Waals surface area contributed by atoms with Gasteiger partial charge in [-0.25, -0.2) is 9.78 Å². The molecule has 2 aromatic heterocycles. The van der Waals surface area contributed by atoms with E-state index in [-0.39, 0.29) is 12.5 Å². The molecule has 0 aliphatic carbocycles. The first-order chi connectivity index (χ1) is 15.9. The minimum Gasteiger partial charge on any atom is -0.462 e. The normalized spacial score (nSPS) is 10.9. The second-order valence-electron chi connectivity index (χ2n) is 7.81. The third-order valence-corrected chi connectivity index (χ3v) is 6.64. The molecule has 0 atom stereocenters. The van der Waals surface area contributed by atoms with Crippen molar-refractivity contribution < 1.29 is 14.3 Å². The van der Waals surface area contributed by atoms with E-state index in [9.17, 15) is 9.59 Å². The molecule has 2 heterocycles. The fourth-order valence-corrected chi connectivity index (χ4v) is 5.05. The maximum Gasteiger partial charge on any atom is 0.341 e. The largest absolute Gasteiger partial charge is 0.462 e. The van der Waals surface area contributed by atoms with Crippen LogP contribution >= 0.6 is 11.3 Å². The average molecular weight is 459 g/mol. The van der Waals surface area contributed by atoms with Gasteiger partial charge in [0.2, 0.25) is 0 Å². The van der Waals surface area contributed by atoms with Crippen LogP contribution in [0, 0.1) is 13.8 Å². The molecule has 0 aliphatic rings. The first-order valence-electron chi connectivity index (χ1n) is 11.0. The summed E-state index contributed by atoms with van der Waals surface area (Å²) in [6.45, 7) is 8.04. The van der Waals surface area contributed by atoms with Crippen molar-refractivity contribution in [2.75, 3.05) is 11.9 Å². The lowest BCUT2D eigenvalue weighted by Gasteiger charge is -2.11. The van der Waals surface area contributed by atoms with Gasteiger partial charge in [0.15, 0.2) is 0 Å². The zero-order valence-corrected chi connectivity index (χ0v) is 20.0. The molecule has 0 saturated carbocycles. The summed E-state index contributed by atoms with van der Waals surface area (Å²) in [4.78, 5) is 32.0. The number of aryl methyl sites for hydroxylation is 2. The summed E-state index contributed by atoms with van der Waals surface area (Å²) in [5.41, 5.74) is 5.43. The second kappa shape index (κ2) is 9.55. The van der Waals surface area contributed by atoms with Gasteiger partial charge >= 0.3 is 5.97 Å². The quantitative estimate of drug-likeness (QED) is 0.332. The number of benzene rings is 2. The van der Waals surface area contributed by atoms with E-state index in [0.717, 1.165) is 38.2 Å². The Balaban J connectivity index is 1.79. The smallest absolute Gasteiger partial charge is 0.341 e. The zero-order valence-electron chi connectivity index (χ0n) is 19.2. The number of carbonyl (C=O) groups excluding carboxylic acids is 2. The van der Waals surface area contributed by atoms with Gasteiger partial charge in [-0.3, -0.25) is 4.79 Å². The predicted molar refractivity (Wildman–Crippen MR) is 134 cm³/mol. The summed E-state index contributed by atoms with van der Waals surface area (Å²) in [6, 6.07) is 17.5. The molecule has 1 amide bonds. The van der Waals surface area contributed by atoms with Crippen LogP contribution in [0.1, 0.15) is 50.6 Å². The van der Waals surface area contributed by atoms with Crippen LogP contribution in [0.2, 0.25) is 0 Å². The number of nitrogens with zero attached hydrogens (tertiary/aromatic N) is 1. The first-order valence-corrected chi connectivity index (χ1v) is 11.8. The molecule has 0 fully saturated rings. The topological polar surface area (TPSA) is 68.3 Å². The zero-order chi connectivity index (χ0) is 23.5. The summed E-state index contributed by atoms with van der Waals surface area (Å²) >= 11 is 1.40. The van der Waals surface area contributed by atoms with Gasteiger partial charge in [0, 0.05) is 15.8 Å². The number of rotatable bonds is 6. The summed E-state index contributed by atoms with van der Waals surface area (Å²) < 4.78 is 5.27. The highest BCUT2D eigenvalue weighted by Crippen LogP contribution is 2.35. The number of aromatic nitrogens is 1. The molecule has 6 heteroatoms. The van der Waals surface area contributed by atoms with Crippen molar-refractivity contribution in [2.45, 2.75) is 34.1 Å². The van der Waals surface area contributed by atoms with Crippen LogP contribution in [-0.2, 0) is 11.2 Å². The number of thiophene rings is 1. The summed E-state index contributed by atoms with van der Waals surface area (Å²) in [7, 11) is 0. The highest BCUT2D eigenvalue weighted by molar-refractivity contribution is 7.16. The van der Waals surface area contributed by atoms with E-state index < -0.39 is 5.97 Å². The van der Waals surface area contributed by atoms with Gasteiger partial charge in [-0.2, -0.15) is 0 Å². The van der Waals surface area contributed by atoms with Crippen molar-refractivity contribution in [3.05, 3.63) is 81.7 Å². The SMILES string of the molecule is CCOC(=O)c1c(NC(=O)c2cc(-c3ccc(C)cc3)nc3ccccc23)sc(C)c1CC. The Morgan fingerprint density at radius 2 is 1.76 bits per heavy atom. The molecule has 0 radical (unpaired) electrons. The minimum atomic E-state index is -0.408. The molecule has 0 saturated heterocycles. The molecule has 33 heavy (non-hydrogen) atoms. The van der Waals surface area contributed by atoms with Gasteiger partial charge in [0.05, 0.1) is 28.9 Å². The van der Waals surface area contributed by atoms with Crippen molar-refractivity contribution in [1.29, 1.82) is 0 Å². The third-order valence-electron chi connectivity index (χ3n) is 5.58. The number of esters is 1. The standard InChI is InChI=1S/C27H26N2O3S/c1-5-19-17(4)33-26(24(19)27(31)32-6-2)29-25(30)21-15-23(18-13-11-16(3)12-14-18)28-22-10-8-7-9-20(21)22/h7-15H,5-6H2,1-4H3,(H,29,30). The Kier molecular flexibility index (Phi) is 6.56. The van der Waals surface area contributed by atoms with Gasteiger partial charge in [0.1, 0.15) is 5.00 Å². The molecule has 5 nitrogen and oxygen atoms in total. The summed E-state index contributed by atoms with van der Waals surface area (Å²) in [5, 5.41) is 4.27. The van der Waals surface area contributed by atoms with Gasteiger partial charge in [-0.15, -0.1) is 11.3 Å². The highest BCUT2D eigenvalue weighted by Gasteiger charge is 2.24. The lowest BCUT2D eigenvalue weighted by Crippen LogP contribution is -2.16. The number of para-hydroxylation sites is 1. The van der Waals surface area contributed by atoms with Crippen LogP contribution in [0.15, 0.2) is 54.6 Å². The maximum absolute atomic E-state index is 13.5. The highest BCUT2D eigenvalue weighted by atomic mass is 32.1. The van der Waals surface area contributed by atoms with E-state index in [1.54, 1.807) is 6.92 Å². The third kappa shape index (κ3) is 4.52. The van der Waals surface area contributed by atoms with Gasteiger partial charge < -0.3 is 10.1 Å². The molecular formula is C27H26N2O3S. The number of ether oxygens (including phenoxy) is 1. The van der Waals surface area contributed by atoms with E-state index >= 15 is 0 Å². The van der Waals surface area contributed by atoms with Crippen LogP contribution in [0.3, 0.4) is 0 Å². The van der Waals surface area contributed by atoms with Crippen LogP contribution < -0.4 is 5.32 Å². The van der Waals surface area contributed by atoms with E-state index in [1.807, 2.05) is 75.4 Å². The lowest BCUT2D eigenvalue weighted by molar-refractivity contribution is 0.0527. The fourth-order valence-electron chi connectivity index (χ4n) is 3.92. The first kappa shape index (κ1) is 22.7. The molecule has 0 bridgehead atoms. The Hall–Kier alpha value is -3.51. The summed E-state index contributed by atoms with van der Waals surface area (Å²) in [5.74, 6) is -0.689. The van der Waals surface area contributed by atoms with E-state index in [0.29, 0.717) is 22.5 Å². The molecule has 1 N–H and O–H groups in total. The monoisotopic (exact) mass is 458 g/mol. The summed E-state index contributed by atoms with van der Waals surface area (Å²) in [6.07, 6.45) is 0.683.